The van der Waals surface area contributed by atoms with Crippen LogP contribution in [0.15, 0.2) is 10.6 Å². The van der Waals surface area contributed by atoms with Gasteiger partial charge in [-0.05, 0) is 32.3 Å². The molecule has 0 radical (unpaired) electrons. The minimum absolute atomic E-state index is 0.0145. The summed E-state index contributed by atoms with van der Waals surface area (Å²) in [6, 6.07) is 0.774. The second-order valence-corrected chi connectivity index (χ2v) is 7.70. The third-order valence-electron chi connectivity index (χ3n) is 5.71. The number of carbonyl (C=O) groups excluding carboxylic acids is 1. The summed E-state index contributed by atoms with van der Waals surface area (Å²) in [7, 11) is 0. The summed E-state index contributed by atoms with van der Waals surface area (Å²) in [5.74, 6) is -2.36. The molecule has 0 saturated carbocycles. The van der Waals surface area contributed by atoms with Gasteiger partial charge < -0.3 is 28.2 Å². The Kier molecular flexibility index (Phi) is 5.51. The van der Waals surface area contributed by atoms with Crippen LogP contribution in [-0.4, -0.2) is 56.1 Å². The first-order valence-electron chi connectivity index (χ1n) is 10.3. The van der Waals surface area contributed by atoms with Crippen molar-refractivity contribution in [2.24, 2.45) is 0 Å². The summed E-state index contributed by atoms with van der Waals surface area (Å²) in [6.07, 6.45) is 0.170. The highest BCUT2D eigenvalue weighted by atomic mass is 19.2. The normalized spacial score (nSPS) is 26.0. The molecule has 0 spiro atoms. The number of hydrogen-bond donors (Lipinski definition) is 0. The topological polar surface area (TPSA) is 92.5 Å². The quantitative estimate of drug-likeness (QED) is 0.699. The number of rotatable bonds is 5. The van der Waals surface area contributed by atoms with Crippen LogP contribution in [0.25, 0.3) is 11.0 Å². The van der Waals surface area contributed by atoms with Crippen LogP contribution in [0.2, 0.25) is 0 Å². The fraction of sp³-hybridized carbons (Fsp3) is 0.600. The molecule has 1 aromatic heterocycles. The number of fused-ring (bicyclic) bond motifs is 1. The van der Waals surface area contributed by atoms with E-state index in [1.54, 1.807) is 6.92 Å². The number of amides is 1. The van der Waals surface area contributed by atoms with Gasteiger partial charge in [-0.15, -0.1) is 0 Å². The van der Waals surface area contributed by atoms with Crippen molar-refractivity contribution >= 4 is 22.9 Å². The molecular formula is C20H22F2N2O7. The molecule has 9 nitrogen and oxygen atoms in total. The fourth-order valence-corrected chi connectivity index (χ4v) is 4.08. The Morgan fingerprint density at radius 3 is 2.71 bits per heavy atom. The Labute approximate surface area is 176 Å². The van der Waals surface area contributed by atoms with E-state index in [0.29, 0.717) is 6.61 Å². The highest BCUT2D eigenvalue weighted by Crippen LogP contribution is 2.38. The van der Waals surface area contributed by atoms with Crippen molar-refractivity contribution in [3.8, 4) is 0 Å². The monoisotopic (exact) mass is 440 g/mol. The molecular weight excluding hydrogens is 418 g/mol. The van der Waals surface area contributed by atoms with Crippen LogP contribution >= 0.6 is 0 Å². The van der Waals surface area contributed by atoms with E-state index in [9.17, 15) is 13.6 Å². The lowest BCUT2D eigenvalue weighted by Gasteiger charge is -2.30. The summed E-state index contributed by atoms with van der Waals surface area (Å²) in [5.41, 5.74) is -0.534. The zero-order valence-corrected chi connectivity index (χ0v) is 16.8. The van der Waals surface area contributed by atoms with Crippen LogP contribution in [-0.2, 0) is 23.7 Å². The van der Waals surface area contributed by atoms with E-state index in [0.717, 1.165) is 19.3 Å². The number of halogens is 2. The summed E-state index contributed by atoms with van der Waals surface area (Å²) < 4.78 is 61.7. The lowest BCUT2D eigenvalue weighted by Crippen LogP contribution is -2.44. The van der Waals surface area contributed by atoms with Crippen LogP contribution in [0.3, 0.4) is 0 Å². The lowest BCUT2D eigenvalue weighted by atomic mass is 10.1. The number of ether oxygens (including phenoxy) is 5. The lowest BCUT2D eigenvalue weighted by molar-refractivity contribution is -0.187. The molecule has 2 aromatic rings. The van der Waals surface area contributed by atoms with E-state index >= 15 is 0 Å². The molecule has 3 saturated heterocycles. The fourth-order valence-electron chi connectivity index (χ4n) is 4.08. The maximum Gasteiger partial charge on any atom is 0.416 e. The van der Waals surface area contributed by atoms with Crippen LogP contribution in [0.5, 0.6) is 0 Å². The molecule has 3 atom stereocenters. The average Bonchev–Trinajstić information content (AvgIpc) is 3.51. The Hall–Kier alpha value is -2.34. The van der Waals surface area contributed by atoms with E-state index in [1.807, 2.05) is 0 Å². The first-order chi connectivity index (χ1) is 15.0. The maximum absolute atomic E-state index is 14.7. The van der Waals surface area contributed by atoms with Crippen LogP contribution < -0.4 is 4.90 Å². The summed E-state index contributed by atoms with van der Waals surface area (Å²) >= 11 is 0. The van der Waals surface area contributed by atoms with Gasteiger partial charge >= 0.3 is 6.09 Å². The smallest absolute Gasteiger partial charge is 0.416 e. The Morgan fingerprint density at radius 1 is 1.16 bits per heavy atom. The maximum atomic E-state index is 14.7. The first-order valence-corrected chi connectivity index (χ1v) is 10.3. The van der Waals surface area contributed by atoms with Gasteiger partial charge in [0.2, 0.25) is 11.4 Å². The van der Waals surface area contributed by atoms with E-state index in [4.69, 9.17) is 28.2 Å². The molecule has 4 heterocycles. The third kappa shape index (κ3) is 3.65. The largest absolute Gasteiger partial charge is 0.447 e. The van der Waals surface area contributed by atoms with Gasteiger partial charge in [0.25, 0.3) is 0 Å². The highest BCUT2D eigenvalue weighted by molar-refractivity contribution is 5.99. The Balaban J connectivity index is 1.48. The van der Waals surface area contributed by atoms with Gasteiger partial charge in [-0.25, -0.2) is 14.1 Å². The van der Waals surface area contributed by atoms with Crippen LogP contribution in [0.4, 0.5) is 19.4 Å². The Bertz CT molecular complexity index is 972. The number of cyclic esters (lactones) is 1. The predicted molar refractivity (Wildman–Crippen MR) is 100 cm³/mol. The molecule has 5 rings (SSSR count). The molecule has 1 aromatic carbocycles. The molecule has 0 N–H and O–H groups in total. The van der Waals surface area contributed by atoms with E-state index in [2.05, 4.69) is 5.16 Å². The van der Waals surface area contributed by atoms with Crippen molar-refractivity contribution in [3.63, 3.8) is 0 Å². The molecule has 1 unspecified atom stereocenters. The first kappa shape index (κ1) is 20.6. The molecule has 0 bridgehead atoms. The van der Waals surface area contributed by atoms with Gasteiger partial charge in [-0.1, -0.05) is 5.16 Å². The number of hydrogen-bond acceptors (Lipinski definition) is 8. The summed E-state index contributed by atoms with van der Waals surface area (Å²) in [6.45, 7) is 2.99. The predicted octanol–water partition coefficient (Wildman–Crippen LogP) is 3.41. The SMILES string of the molecule is C[C@@H](OC1CCCCO1)[C@H]1COC(=O)N1c1noc2c(F)c(F)c(C3OCCO3)cc12. The second-order valence-electron chi connectivity index (χ2n) is 7.70. The standard InChI is InChI=1S/C20H22F2N2O7/c1-10(30-14-4-2-3-5-26-14)13-9-29-20(25)24(13)18-12-8-11(19-27-6-7-28-19)15(21)16(22)17(12)31-23-18/h8,10,13-14,19H,2-7,9H2,1H3/t10-,13-,14?/m1/s1. The zero-order chi connectivity index (χ0) is 21.5. The number of aromatic nitrogens is 1. The molecule has 3 aliphatic rings. The third-order valence-corrected chi connectivity index (χ3v) is 5.71. The molecule has 1 amide bonds. The summed E-state index contributed by atoms with van der Waals surface area (Å²) in [5, 5.41) is 3.96. The van der Waals surface area contributed by atoms with Crippen molar-refractivity contribution in [2.75, 3.05) is 31.3 Å². The van der Waals surface area contributed by atoms with Gasteiger partial charge in [-0.3, -0.25) is 0 Å². The Morgan fingerprint density at radius 2 is 1.97 bits per heavy atom. The number of nitrogens with zero attached hydrogens (tertiary/aromatic N) is 2. The van der Waals surface area contributed by atoms with Crippen LogP contribution in [0.1, 0.15) is 38.0 Å². The molecule has 0 aliphatic carbocycles. The average molecular weight is 440 g/mol. The van der Waals surface area contributed by atoms with Gasteiger partial charge in [-0.2, -0.15) is 4.39 Å². The van der Waals surface area contributed by atoms with Gasteiger partial charge in [0.1, 0.15) is 12.6 Å². The van der Waals surface area contributed by atoms with Crippen molar-refractivity contribution in [1.82, 2.24) is 5.16 Å². The van der Waals surface area contributed by atoms with E-state index in [1.165, 1.54) is 11.0 Å². The van der Waals surface area contributed by atoms with Crippen molar-refractivity contribution < 1.29 is 41.8 Å². The van der Waals surface area contributed by atoms with Gasteiger partial charge in [0.05, 0.1) is 24.7 Å². The van der Waals surface area contributed by atoms with Crippen molar-refractivity contribution in [1.29, 1.82) is 0 Å². The number of anilines is 1. The zero-order valence-electron chi connectivity index (χ0n) is 16.8. The van der Waals surface area contributed by atoms with Crippen molar-refractivity contribution in [3.05, 3.63) is 23.3 Å². The highest BCUT2D eigenvalue weighted by Gasteiger charge is 2.42. The van der Waals surface area contributed by atoms with Crippen molar-refractivity contribution in [2.45, 2.75) is 50.9 Å². The minimum Gasteiger partial charge on any atom is -0.447 e. The minimum atomic E-state index is -1.23. The summed E-state index contributed by atoms with van der Waals surface area (Å²) in [4.78, 5) is 13.8. The van der Waals surface area contributed by atoms with E-state index < -0.39 is 41.7 Å². The number of carbonyl (C=O) groups is 1. The molecule has 3 aliphatic heterocycles. The van der Waals surface area contributed by atoms with Crippen LogP contribution in [0, 0.1) is 11.6 Å². The molecule has 3 fully saturated rings. The molecule has 168 valence electrons. The van der Waals surface area contributed by atoms with Gasteiger partial charge in [0, 0.05) is 12.2 Å². The second kappa shape index (κ2) is 8.30. The van der Waals surface area contributed by atoms with E-state index in [-0.39, 0.29) is 42.9 Å². The molecule has 31 heavy (non-hydrogen) atoms. The number of benzene rings is 1. The molecule has 11 heteroatoms. The van der Waals surface area contributed by atoms with Gasteiger partial charge in [0.15, 0.2) is 24.2 Å².